The first kappa shape index (κ1) is 18.3. The molecule has 1 aliphatic carbocycles. The summed E-state index contributed by atoms with van der Waals surface area (Å²) in [6, 6.07) is 22.5. The molecule has 2 aliphatic rings. The van der Waals surface area contributed by atoms with Gasteiger partial charge in [0.05, 0.1) is 0 Å². The lowest BCUT2D eigenvalue weighted by Crippen LogP contribution is -2.32. The summed E-state index contributed by atoms with van der Waals surface area (Å²) in [6.07, 6.45) is 0. The molecule has 1 aliphatic heterocycles. The molecule has 2 atom stereocenters. The number of piperidine rings is 1. The van der Waals surface area contributed by atoms with Crippen LogP contribution in [0.25, 0.3) is 0 Å². The van der Waals surface area contributed by atoms with Crippen LogP contribution in [0.5, 0.6) is 0 Å². The van der Waals surface area contributed by atoms with Crippen molar-refractivity contribution in [1.82, 2.24) is 10.2 Å². The lowest BCUT2D eigenvalue weighted by molar-refractivity contribution is 0.219. The van der Waals surface area contributed by atoms with Crippen molar-refractivity contribution < 1.29 is 0 Å². The Hall–Kier alpha value is -1.06. The van der Waals surface area contributed by atoms with Gasteiger partial charge in [-0.1, -0.05) is 60.7 Å². The Morgan fingerprint density at radius 2 is 1.17 bits per heavy atom. The van der Waals surface area contributed by atoms with Gasteiger partial charge in [-0.2, -0.15) is 0 Å². The summed E-state index contributed by atoms with van der Waals surface area (Å²) >= 11 is 0. The highest BCUT2D eigenvalue weighted by atomic mass is 35.5. The van der Waals surface area contributed by atoms with E-state index in [1.54, 1.807) is 0 Å². The van der Waals surface area contributed by atoms with E-state index in [9.17, 15) is 0 Å². The summed E-state index contributed by atoms with van der Waals surface area (Å²) in [5, 5.41) is 3.51. The number of fused-ring (bicyclic) bond motifs is 1. The molecule has 2 fully saturated rings. The topological polar surface area (TPSA) is 15.3 Å². The van der Waals surface area contributed by atoms with Gasteiger partial charge in [0.1, 0.15) is 0 Å². The Balaban J connectivity index is 0.000000960. The molecular weight excluding hydrogens is 327 g/mol. The third-order valence-electron chi connectivity index (χ3n) is 4.93. The summed E-state index contributed by atoms with van der Waals surface area (Å²) in [7, 11) is 0. The lowest BCUT2D eigenvalue weighted by Gasteiger charge is -2.25. The molecule has 2 aromatic rings. The zero-order valence-corrected chi connectivity index (χ0v) is 14.7. The van der Waals surface area contributed by atoms with Crippen molar-refractivity contribution in [3.05, 3.63) is 71.8 Å². The maximum Gasteiger partial charge on any atom is 0.0240 e. The Bertz CT molecular complexity index is 539. The quantitative estimate of drug-likeness (QED) is 0.883. The molecule has 0 spiro atoms. The van der Waals surface area contributed by atoms with E-state index in [1.807, 2.05) is 0 Å². The van der Waals surface area contributed by atoms with Gasteiger partial charge < -0.3 is 5.32 Å². The van der Waals surface area contributed by atoms with Crippen molar-refractivity contribution in [3.63, 3.8) is 0 Å². The molecule has 1 heterocycles. The summed E-state index contributed by atoms with van der Waals surface area (Å²) in [5.74, 6) is 1.75. The van der Waals surface area contributed by atoms with Crippen molar-refractivity contribution in [3.8, 4) is 0 Å². The van der Waals surface area contributed by atoms with E-state index in [2.05, 4.69) is 70.9 Å². The fourth-order valence-corrected chi connectivity index (χ4v) is 3.83. The maximum absolute atomic E-state index is 3.51. The van der Waals surface area contributed by atoms with E-state index in [0.29, 0.717) is 0 Å². The van der Waals surface area contributed by atoms with Crippen LogP contribution in [0.4, 0.5) is 0 Å². The van der Waals surface area contributed by atoms with Gasteiger partial charge >= 0.3 is 0 Å². The van der Waals surface area contributed by atoms with E-state index in [0.717, 1.165) is 31.0 Å². The fraction of sp³-hybridized carbons (Fsp3) is 0.368. The fourth-order valence-electron chi connectivity index (χ4n) is 3.83. The third kappa shape index (κ3) is 4.07. The Morgan fingerprint density at radius 1 is 0.739 bits per heavy atom. The minimum absolute atomic E-state index is 0. The van der Waals surface area contributed by atoms with Crippen molar-refractivity contribution in [2.24, 2.45) is 11.8 Å². The molecule has 0 aromatic heterocycles. The van der Waals surface area contributed by atoms with Crippen LogP contribution in [0, 0.1) is 11.8 Å². The molecular formula is C19H24Cl2N2. The maximum atomic E-state index is 3.51. The molecule has 2 aromatic carbocycles. The lowest BCUT2D eigenvalue weighted by atomic mass is 10.1. The Morgan fingerprint density at radius 3 is 1.61 bits per heavy atom. The van der Waals surface area contributed by atoms with Gasteiger partial charge in [0.15, 0.2) is 0 Å². The van der Waals surface area contributed by atoms with Gasteiger partial charge in [-0.05, 0) is 36.1 Å². The minimum Gasteiger partial charge on any atom is -0.316 e. The van der Waals surface area contributed by atoms with Crippen LogP contribution in [0.1, 0.15) is 11.1 Å². The predicted molar refractivity (Wildman–Crippen MR) is 100 cm³/mol. The van der Waals surface area contributed by atoms with Gasteiger partial charge in [0.25, 0.3) is 0 Å². The third-order valence-corrected chi connectivity index (χ3v) is 4.93. The van der Waals surface area contributed by atoms with Crippen LogP contribution < -0.4 is 5.32 Å². The first-order valence-electron chi connectivity index (χ1n) is 7.94. The number of hydrogen-bond acceptors (Lipinski definition) is 2. The van der Waals surface area contributed by atoms with Gasteiger partial charge in [-0.15, -0.1) is 24.8 Å². The van der Waals surface area contributed by atoms with E-state index in [1.165, 1.54) is 24.2 Å². The highest BCUT2D eigenvalue weighted by Gasteiger charge is 2.55. The molecule has 124 valence electrons. The standard InChI is InChI=1S/C19H22N2.2ClH/c1-3-7-15(8-4-1)13-21(14-16-9-5-2-6-10-16)19-17-11-20-12-18(17)19;;/h1-10,17-20H,11-14H2;2*1H. The highest BCUT2D eigenvalue weighted by molar-refractivity contribution is 5.85. The molecule has 1 saturated heterocycles. The average Bonchev–Trinajstić information content (AvgIpc) is 3.01. The zero-order valence-electron chi connectivity index (χ0n) is 13.1. The van der Waals surface area contributed by atoms with E-state index < -0.39 is 0 Å². The second-order valence-corrected chi connectivity index (χ2v) is 6.35. The SMILES string of the molecule is Cl.Cl.c1ccc(CN(Cc2ccccc2)C2C3CNCC32)cc1. The number of benzene rings is 2. The molecule has 23 heavy (non-hydrogen) atoms. The van der Waals surface area contributed by atoms with Gasteiger partial charge in [0.2, 0.25) is 0 Å². The molecule has 4 heteroatoms. The second kappa shape index (κ2) is 8.16. The monoisotopic (exact) mass is 350 g/mol. The van der Waals surface area contributed by atoms with Crippen LogP contribution in [0.2, 0.25) is 0 Å². The normalized spacial score (nSPS) is 24.5. The number of halogens is 2. The van der Waals surface area contributed by atoms with Gasteiger partial charge in [0, 0.05) is 19.1 Å². The first-order valence-corrected chi connectivity index (χ1v) is 7.94. The second-order valence-electron chi connectivity index (χ2n) is 6.35. The molecule has 2 nitrogen and oxygen atoms in total. The summed E-state index contributed by atoms with van der Waals surface area (Å²) in [5.41, 5.74) is 2.85. The molecule has 0 radical (unpaired) electrons. The van der Waals surface area contributed by atoms with E-state index in [4.69, 9.17) is 0 Å². The Kier molecular flexibility index (Phi) is 6.49. The first-order chi connectivity index (χ1) is 10.4. The van der Waals surface area contributed by atoms with Crippen LogP contribution in [0.3, 0.4) is 0 Å². The number of nitrogens with zero attached hydrogens (tertiary/aromatic N) is 1. The van der Waals surface area contributed by atoms with Crippen molar-refractivity contribution in [2.45, 2.75) is 19.1 Å². The molecule has 2 unspecified atom stereocenters. The van der Waals surface area contributed by atoms with Gasteiger partial charge in [-0.25, -0.2) is 0 Å². The van der Waals surface area contributed by atoms with E-state index in [-0.39, 0.29) is 24.8 Å². The predicted octanol–water partition coefficient (Wildman–Crippen LogP) is 3.75. The molecule has 4 rings (SSSR count). The number of hydrogen-bond donors (Lipinski definition) is 1. The van der Waals surface area contributed by atoms with Crippen LogP contribution in [-0.2, 0) is 13.1 Å². The smallest absolute Gasteiger partial charge is 0.0240 e. The largest absolute Gasteiger partial charge is 0.316 e. The molecule has 1 N–H and O–H groups in total. The Labute approximate surface area is 151 Å². The van der Waals surface area contributed by atoms with E-state index >= 15 is 0 Å². The van der Waals surface area contributed by atoms with Crippen LogP contribution >= 0.6 is 24.8 Å². The van der Waals surface area contributed by atoms with Crippen LogP contribution in [-0.4, -0.2) is 24.0 Å². The summed E-state index contributed by atoms with van der Waals surface area (Å²) < 4.78 is 0. The van der Waals surface area contributed by atoms with Gasteiger partial charge in [-0.3, -0.25) is 4.90 Å². The van der Waals surface area contributed by atoms with Crippen molar-refractivity contribution in [1.29, 1.82) is 0 Å². The number of nitrogens with one attached hydrogen (secondary N) is 1. The van der Waals surface area contributed by atoms with Crippen molar-refractivity contribution >= 4 is 24.8 Å². The average molecular weight is 351 g/mol. The van der Waals surface area contributed by atoms with Crippen molar-refractivity contribution in [2.75, 3.05) is 13.1 Å². The van der Waals surface area contributed by atoms with Crippen LogP contribution in [0.15, 0.2) is 60.7 Å². The molecule has 1 saturated carbocycles. The zero-order chi connectivity index (χ0) is 14.1. The summed E-state index contributed by atoms with van der Waals surface area (Å²) in [4.78, 5) is 2.68. The highest BCUT2D eigenvalue weighted by Crippen LogP contribution is 2.46. The minimum atomic E-state index is 0. The molecule has 0 bridgehead atoms. The molecule has 0 amide bonds. The summed E-state index contributed by atoms with van der Waals surface area (Å²) in [6.45, 7) is 4.53. The number of rotatable bonds is 5.